The predicted molar refractivity (Wildman–Crippen MR) is 125 cm³/mol. The summed E-state index contributed by atoms with van der Waals surface area (Å²) in [5, 5.41) is 6.27. The Morgan fingerprint density at radius 2 is 1.81 bits per heavy atom. The van der Waals surface area contributed by atoms with E-state index in [4.69, 9.17) is 0 Å². The first-order valence-electron chi connectivity index (χ1n) is 11.0. The van der Waals surface area contributed by atoms with Gasteiger partial charge in [-0.1, -0.05) is 25.1 Å². The SMILES string of the molecule is CCc1cc(NC(=O)c2ccccc2C)c(C)cc1S(=O)(=O)N[C@H](C)C1CCNCC1. The molecule has 1 fully saturated rings. The predicted octanol–water partition coefficient (Wildman–Crippen LogP) is 3.78. The van der Waals surface area contributed by atoms with Crippen molar-refractivity contribution in [2.24, 2.45) is 5.92 Å². The van der Waals surface area contributed by atoms with Gasteiger partial charge in [0.1, 0.15) is 0 Å². The van der Waals surface area contributed by atoms with Gasteiger partial charge in [0.2, 0.25) is 10.0 Å². The molecule has 31 heavy (non-hydrogen) atoms. The van der Waals surface area contributed by atoms with Crippen molar-refractivity contribution in [3.8, 4) is 0 Å². The molecule has 0 spiro atoms. The summed E-state index contributed by atoms with van der Waals surface area (Å²) in [5.74, 6) is 0.131. The molecule has 3 N–H and O–H groups in total. The highest BCUT2D eigenvalue weighted by atomic mass is 32.2. The van der Waals surface area contributed by atoms with E-state index in [0.717, 1.165) is 31.5 Å². The van der Waals surface area contributed by atoms with E-state index in [1.807, 2.05) is 45.9 Å². The molecule has 0 unspecified atom stereocenters. The molecular weight excluding hydrogens is 410 g/mol. The Morgan fingerprint density at radius 3 is 2.45 bits per heavy atom. The highest BCUT2D eigenvalue weighted by molar-refractivity contribution is 7.89. The molecule has 7 heteroatoms. The topological polar surface area (TPSA) is 87.3 Å². The van der Waals surface area contributed by atoms with Crippen LogP contribution in [0.2, 0.25) is 0 Å². The van der Waals surface area contributed by atoms with Crippen molar-refractivity contribution in [2.75, 3.05) is 18.4 Å². The van der Waals surface area contributed by atoms with Gasteiger partial charge in [-0.3, -0.25) is 4.79 Å². The maximum atomic E-state index is 13.2. The minimum Gasteiger partial charge on any atom is -0.322 e. The van der Waals surface area contributed by atoms with E-state index in [2.05, 4.69) is 15.4 Å². The minimum atomic E-state index is -3.66. The third-order valence-corrected chi connectivity index (χ3v) is 7.79. The third kappa shape index (κ3) is 5.53. The summed E-state index contributed by atoms with van der Waals surface area (Å²) >= 11 is 0. The van der Waals surface area contributed by atoms with Gasteiger partial charge in [0, 0.05) is 17.3 Å². The van der Waals surface area contributed by atoms with Crippen LogP contribution < -0.4 is 15.4 Å². The Kier molecular flexibility index (Phi) is 7.51. The molecule has 1 heterocycles. The maximum Gasteiger partial charge on any atom is 0.255 e. The highest BCUT2D eigenvalue weighted by Gasteiger charge is 2.27. The summed E-state index contributed by atoms with van der Waals surface area (Å²) < 4.78 is 29.3. The lowest BCUT2D eigenvalue weighted by Crippen LogP contribution is -2.42. The van der Waals surface area contributed by atoms with Crippen LogP contribution in [0, 0.1) is 19.8 Å². The van der Waals surface area contributed by atoms with E-state index in [1.165, 1.54) is 0 Å². The van der Waals surface area contributed by atoms with Crippen molar-refractivity contribution < 1.29 is 13.2 Å². The van der Waals surface area contributed by atoms with Crippen LogP contribution in [0.4, 0.5) is 5.69 Å². The van der Waals surface area contributed by atoms with Crippen molar-refractivity contribution >= 4 is 21.6 Å². The zero-order chi connectivity index (χ0) is 22.6. The van der Waals surface area contributed by atoms with Gasteiger partial charge < -0.3 is 10.6 Å². The first kappa shape index (κ1) is 23.4. The minimum absolute atomic E-state index is 0.127. The molecule has 0 aromatic heterocycles. The normalized spacial score (nSPS) is 16.1. The zero-order valence-corrected chi connectivity index (χ0v) is 19.6. The van der Waals surface area contributed by atoms with Gasteiger partial charge in [0.25, 0.3) is 5.91 Å². The van der Waals surface area contributed by atoms with Crippen molar-refractivity contribution in [2.45, 2.75) is 57.9 Å². The highest BCUT2D eigenvalue weighted by Crippen LogP contribution is 2.27. The smallest absolute Gasteiger partial charge is 0.255 e. The first-order valence-corrected chi connectivity index (χ1v) is 12.4. The molecule has 2 aromatic carbocycles. The number of hydrogen-bond donors (Lipinski definition) is 3. The van der Waals surface area contributed by atoms with Gasteiger partial charge in [-0.05, 0) is 93.9 Å². The Hall–Kier alpha value is -2.22. The molecule has 168 valence electrons. The van der Waals surface area contributed by atoms with Crippen molar-refractivity contribution in [3.05, 3.63) is 58.7 Å². The molecule has 1 saturated heterocycles. The van der Waals surface area contributed by atoms with Crippen LogP contribution in [0.15, 0.2) is 41.3 Å². The Labute approximate surface area is 185 Å². The number of nitrogens with one attached hydrogen (secondary N) is 3. The molecule has 1 atom stereocenters. The standard InChI is InChI=1S/C24H33N3O3S/c1-5-19-15-22(26-24(28)21-9-7-6-8-16(21)2)17(3)14-23(19)31(29,30)27-18(4)20-10-12-25-13-11-20/h6-9,14-15,18,20,25,27H,5,10-13H2,1-4H3,(H,26,28)/t18-/m1/s1. The van der Waals surface area contributed by atoms with E-state index in [1.54, 1.807) is 18.2 Å². The number of hydrogen-bond acceptors (Lipinski definition) is 4. The summed E-state index contributed by atoms with van der Waals surface area (Å²) in [5.41, 5.74) is 3.54. The van der Waals surface area contributed by atoms with Gasteiger partial charge in [-0.15, -0.1) is 0 Å². The fourth-order valence-electron chi connectivity index (χ4n) is 4.15. The summed E-state index contributed by atoms with van der Waals surface area (Å²) in [7, 11) is -3.66. The van der Waals surface area contributed by atoms with Gasteiger partial charge in [0.15, 0.2) is 0 Å². The van der Waals surface area contributed by atoms with Gasteiger partial charge in [0.05, 0.1) is 4.90 Å². The fraction of sp³-hybridized carbons (Fsp3) is 0.458. The van der Waals surface area contributed by atoms with E-state index in [9.17, 15) is 13.2 Å². The first-order chi connectivity index (χ1) is 14.7. The van der Waals surface area contributed by atoms with Crippen LogP contribution in [0.1, 0.15) is 53.7 Å². The number of aryl methyl sites for hydroxylation is 3. The van der Waals surface area contributed by atoms with Crippen molar-refractivity contribution in [1.29, 1.82) is 0 Å². The van der Waals surface area contributed by atoms with Gasteiger partial charge in [-0.25, -0.2) is 13.1 Å². The van der Waals surface area contributed by atoms with Crippen LogP contribution in [-0.2, 0) is 16.4 Å². The average molecular weight is 444 g/mol. The van der Waals surface area contributed by atoms with Crippen molar-refractivity contribution in [1.82, 2.24) is 10.0 Å². The number of sulfonamides is 1. The molecule has 0 aliphatic carbocycles. The number of anilines is 1. The maximum absolute atomic E-state index is 13.2. The summed E-state index contributed by atoms with van der Waals surface area (Å²) in [6.45, 7) is 9.43. The molecular formula is C24H33N3O3S. The lowest BCUT2D eigenvalue weighted by Gasteiger charge is -2.29. The number of piperidine rings is 1. The molecule has 1 aliphatic rings. The molecule has 0 radical (unpaired) electrons. The van der Waals surface area contributed by atoms with Crippen LogP contribution in [0.25, 0.3) is 0 Å². The van der Waals surface area contributed by atoms with E-state index in [0.29, 0.717) is 39.6 Å². The molecule has 3 rings (SSSR count). The van der Waals surface area contributed by atoms with Crippen LogP contribution >= 0.6 is 0 Å². The Morgan fingerprint density at radius 1 is 1.13 bits per heavy atom. The molecule has 6 nitrogen and oxygen atoms in total. The number of benzene rings is 2. The molecule has 1 aliphatic heterocycles. The summed E-state index contributed by atoms with van der Waals surface area (Å²) in [6.07, 6.45) is 2.48. The summed E-state index contributed by atoms with van der Waals surface area (Å²) in [6, 6.07) is 10.7. The monoisotopic (exact) mass is 443 g/mol. The Balaban J connectivity index is 1.84. The summed E-state index contributed by atoms with van der Waals surface area (Å²) in [4.78, 5) is 13.0. The molecule has 2 aromatic rings. The van der Waals surface area contributed by atoms with Gasteiger partial charge in [-0.2, -0.15) is 0 Å². The van der Waals surface area contributed by atoms with Gasteiger partial charge >= 0.3 is 0 Å². The molecule has 1 amide bonds. The van der Waals surface area contributed by atoms with E-state index in [-0.39, 0.29) is 11.9 Å². The molecule has 0 bridgehead atoms. The number of amides is 1. The number of carbonyl (C=O) groups excluding carboxylic acids is 1. The van der Waals surface area contributed by atoms with Crippen LogP contribution in [0.3, 0.4) is 0 Å². The second-order valence-electron chi connectivity index (χ2n) is 8.39. The Bertz CT molecular complexity index is 1040. The van der Waals surface area contributed by atoms with Crippen molar-refractivity contribution in [3.63, 3.8) is 0 Å². The van der Waals surface area contributed by atoms with E-state index >= 15 is 0 Å². The number of carbonyl (C=O) groups is 1. The second-order valence-corrected chi connectivity index (χ2v) is 10.1. The second kappa shape index (κ2) is 9.94. The van der Waals surface area contributed by atoms with Crippen LogP contribution in [0.5, 0.6) is 0 Å². The fourth-order valence-corrected chi connectivity index (χ4v) is 5.84. The quantitative estimate of drug-likeness (QED) is 0.608. The largest absolute Gasteiger partial charge is 0.322 e. The zero-order valence-electron chi connectivity index (χ0n) is 18.8. The number of rotatable bonds is 7. The molecule has 0 saturated carbocycles. The lowest BCUT2D eigenvalue weighted by molar-refractivity contribution is 0.102. The van der Waals surface area contributed by atoms with E-state index < -0.39 is 10.0 Å². The lowest BCUT2D eigenvalue weighted by atomic mass is 9.92. The third-order valence-electron chi connectivity index (χ3n) is 6.15. The van der Waals surface area contributed by atoms with Crippen LogP contribution in [-0.4, -0.2) is 33.5 Å². The average Bonchev–Trinajstić information content (AvgIpc) is 2.75.